The van der Waals surface area contributed by atoms with Gasteiger partial charge in [-0.05, 0) is 37.3 Å². The maximum atomic E-state index is 9.36. The summed E-state index contributed by atoms with van der Waals surface area (Å²) in [5, 5.41) is 10.2. The Morgan fingerprint density at radius 3 is 2.52 bits per heavy atom. The van der Waals surface area contributed by atoms with Crippen molar-refractivity contribution in [2.75, 3.05) is 5.73 Å². The van der Waals surface area contributed by atoms with E-state index in [1.54, 1.807) is 30.3 Å². The topological polar surface area (TPSA) is 75.8 Å². The smallest absolute Gasteiger partial charge is 0.142 e. The van der Waals surface area contributed by atoms with E-state index in [-0.39, 0.29) is 11.4 Å². The van der Waals surface area contributed by atoms with Gasteiger partial charge in [-0.15, -0.1) is 0 Å². The van der Waals surface area contributed by atoms with Gasteiger partial charge in [0, 0.05) is 11.1 Å². The number of halogens is 2. The largest absolute Gasteiger partial charge is 0.461 e. The van der Waals surface area contributed by atoms with Crippen LogP contribution < -0.4 is 5.73 Å². The highest BCUT2D eigenvalue weighted by molar-refractivity contribution is 6.42. The van der Waals surface area contributed by atoms with Crippen LogP contribution in [0.1, 0.15) is 11.3 Å². The highest BCUT2D eigenvalue weighted by atomic mass is 35.5. The van der Waals surface area contributed by atoms with Crippen molar-refractivity contribution >= 4 is 29.0 Å². The number of nitrogens with zero attached hydrogens (tertiary/aromatic N) is 2. The summed E-state index contributed by atoms with van der Waals surface area (Å²) in [5.74, 6) is 1.45. The second-order valence-corrected chi connectivity index (χ2v) is 5.78. The van der Waals surface area contributed by atoms with E-state index in [2.05, 4.69) is 11.1 Å². The molecule has 0 aliphatic carbocycles. The molecule has 2 heterocycles. The Hall–Kier alpha value is -2.48. The zero-order chi connectivity index (χ0) is 16.6. The van der Waals surface area contributed by atoms with E-state index in [1.807, 2.05) is 13.0 Å². The average Bonchev–Trinajstić information content (AvgIpc) is 2.95. The fourth-order valence-electron chi connectivity index (χ4n) is 2.26. The van der Waals surface area contributed by atoms with Gasteiger partial charge < -0.3 is 10.2 Å². The van der Waals surface area contributed by atoms with Crippen LogP contribution in [0.5, 0.6) is 0 Å². The molecule has 0 amide bonds. The molecule has 0 saturated carbocycles. The predicted molar refractivity (Wildman–Crippen MR) is 91.3 cm³/mol. The van der Waals surface area contributed by atoms with Crippen LogP contribution in [0.15, 0.2) is 40.8 Å². The number of nitriles is 1. The monoisotopic (exact) mass is 343 g/mol. The van der Waals surface area contributed by atoms with Crippen molar-refractivity contribution in [1.29, 1.82) is 5.26 Å². The third kappa shape index (κ3) is 2.89. The van der Waals surface area contributed by atoms with E-state index in [0.29, 0.717) is 27.1 Å². The quantitative estimate of drug-likeness (QED) is 0.703. The fourth-order valence-corrected chi connectivity index (χ4v) is 2.56. The molecule has 2 aromatic heterocycles. The number of benzene rings is 1. The van der Waals surface area contributed by atoms with Crippen LogP contribution in [0, 0.1) is 18.3 Å². The van der Waals surface area contributed by atoms with Gasteiger partial charge in [0.1, 0.15) is 29.0 Å². The van der Waals surface area contributed by atoms with Crippen molar-refractivity contribution < 1.29 is 4.42 Å². The van der Waals surface area contributed by atoms with Crippen LogP contribution in [0.3, 0.4) is 0 Å². The molecule has 0 saturated heterocycles. The Bertz CT molecular complexity index is 941. The third-order valence-corrected chi connectivity index (χ3v) is 4.12. The summed E-state index contributed by atoms with van der Waals surface area (Å²) < 4.78 is 5.62. The van der Waals surface area contributed by atoms with E-state index in [0.717, 1.165) is 11.3 Å². The number of nitrogens with two attached hydrogens (primary N) is 1. The lowest BCUT2D eigenvalue weighted by atomic mass is 10.0. The lowest BCUT2D eigenvalue weighted by molar-refractivity contribution is 0.548. The maximum Gasteiger partial charge on any atom is 0.142 e. The van der Waals surface area contributed by atoms with Gasteiger partial charge in [-0.2, -0.15) is 5.26 Å². The maximum absolute atomic E-state index is 9.36. The van der Waals surface area contributed by atoms with E-state index < -0.39 is 0 Å². The molecule has 114 valence electrons. The second-order valence-electron chi connectivity index (χ2n) is 4.97. The minimum atomic E-state index is 0.139. The number of furan rings is 1. The first-order valence-corrected chi connectivity index (χ1v) is 7.48. The number of rotatable bonds is 2. The molecule has 2 N–H and O–H groups in total. The van der Waals surface area contributed by atoms with Crippen LogP contribution in [0.4, 0.5) is 5.82 Å². The fraction of sp³-hybridized carbons (Fsp3) is 0.0588. The molecule has 6 heteroatoms. The van der Waals surface area contributed by atoms with Gasteiger partial charge in [0.25, 0.3) is 0 Å². The van der Waals surface area contributed by atoms with Gasteiger partial charge in [0.2, 0.25) is 0 Å². The minimum absolute atomic E-state index is 0.139. The molecule has 23 heavy (non-hydrogen) atoms. The Kier molecular flexibility index (Phi) is 3.99. The Morgan fingerprint density at radius 1 is 1.13 bits per heavy atom. The summed E-state index contributed by atoms with van der Waals surface area (Å²) in [6.07, 6.45) is 0. The predicted octanol–water partition coefficient (Wildman–Crippen LogP) is 5.08. The molecule has 3 aromatic rings. The molecule has 0 fully saturated rings. The van der Waals surface area contributed by atoms with Crippen LogP contribution in [0.25, 0.3) is 22.6 Å². The first-order valence-electron chi connectivity index (χ1n) is 6.72. The molecule has 0 aliphatic rings. The second kappa shape index (κ2) is 5.96. The molecule has 0 unspecified atom stereocenters. The van der Waals surface area contributed by atoms with Crippen molar-refractivity contribution in [2.45, 2.75) is 6.92 Å². The van der Waals surface area contributed by atoms with Gasteiger partial charge in [-0.3, -0.25) is 0 Å². The zero-order valence-electron chi connectivity index (χ0n) is 12.1. The van der Waals surface area contributed by atoms with Crippen LogP contribution in [0.2, 0.25) is 10.0 Å². The van der Waals surface area contributed by atoms with Crippen molar-refractivity contribution in [2.24, 2.45) is 0 Å². The van der Waals surface area contributed by atoms with Crippen LogP contribution in [-0.2, 0) is 0 Å². The van der Waals surface area contributed by atoms with E-state index in [1.165, 1.54) is 0 Å². The van der Waals surface area contributed by atoms with Gasteiger partial charge in [0.15, 0.2) is 0 Å². The highest BCUT2D eigenvalue weighted by Crippen LogP contribution is 2.34. The Balaban J connectivity index is 2.22. The van der Waals surface area contributed by atoms with Crippen molar-refractivity contribution in [3.05, 3.63) is 57.8 Å². The molecule has 0 bridgehead atoms. The SMILES string of the molecule is Cc1ccc(-c2cc(-c3ccc(Cl)c(Cl)c3)nc(N)c2C#N)o1. The number of aryl methyl sites for hydroxylation is 1. The normalized spacial score (nSPS) is 10.5. The zero-order valence-corrected chi connectivity index (χ0v) is 13.6. The third-order valence-electron chi connectivity index (χ3n) is 3.38. The Morgan fingerprint density at radius 2 is 1.91 bits per heavy atom. The van der Waals surface area contributed by atoms with E-state index in [4.69, 9.17) is 33.4 Å². The van der Waals surface area contributed by atoms with E-state index in [9.17, 15) is 5.26 Å². The molecule has 4 nitrogen and oxygen atoms in total. The number of anilines is 1. The molecule has 0 aliphatic heterocycles. The van der Waals surface area contributed by atoms with Crippen molar-refractivity contribution in [3.63, 3.8) is 0 Å². The summed E-state index contributed by atoms with van der Waals surface area (Å²) in [6.45, 7) is 1.83. The number of hydrogen-bond acceptors (Lipinski definition) is 4. The summed E-state index contributed by atoms with van der Waals surface area (Å²) >= 11 is 12.0. The lowest BCUT2D eigenvalue weighted by Crippen LogP contribution is -1.99. The first-order chi connectivity index (χ1) is 11.0. The first kappa shape index (κ1) is 15.4. The van der Waals surface area contributed by atoms with Crippen LogP contribution in [-0.4, -0.2) is 4.98 Å². The molecule has 3 rings (SSSR count). The number of hydrogen-bond donors (Lipinski definition) is 1. The van der Waals surface area contributed by atoms with Gasteiger partial charge in [0.05, 0.1) is 15.7 Å². The molecule has 0 spiro atoms. The van der Waals surface area contributed by atoms with Gasteiger partial charge in [-0.25, -0.2) is 4.98 Å². The summed E-state index contributed by atoms with van der Waals surface area (Å²) in [6, 6.07) is 12.6. The van der Waals surface area contributed by atoms with Crippen LogP contribution >= 0.6 is 23.2 Å². The Labute approximate surface area is 143 Å². The van der Waals surface area contributed by atoms with Crippen molar-refractivity contribution in [1.82, 2.24) is 4.98 Å². The van der Waals surface area contributed by atoms with Crippen molar-refractivity contribution in [3.8, 4) is 28.7 Å². The van der Waals surface area contributed by atoms with E-state index >= 15 is 0 Å². The molecule has 1 aromatic carbocycles. The summed E-state index contributed by atoms with van der Waals surface area (Å²) in [5.41, 5.74) is 8.16. The summed E-state index contributed by atoms with van der Waals surface area (Å²) in [7, 11) is 0. The standard InChI is InChI=1S/C17H11Cl2N3O/c1-9-2-5-16(23-9)11-7-15(22-17(21)12(11)8-20)10-3-4-13(18)14(19)6-10/h2-7H,1H3,(H2,21,22). The summed E-state index contributed by atoms with van der Waals surface area (Å²) in [4.78, 5) is 4.29. The van der Waals surface area contributed by atoms with Gasteiger partial charge >= 0.3 is 0 Å². The molecule has 0 radical (unpaired) electrons. The molecular weight excluding hydrogens is 333 g/mol. The molecule has 0 atom stereocenters. The van der Waals surface area contributed by atoms with Gasteiger partial charge in [-0.1, -0.05) is 29.3 Å². The molecular formula is C17H11Cl2N3O. The number of nitrogen functional groups attached to an aromatic ring is 1. The lowest BCUT2D eigenvalue weighted by Gasteiger charge is -2.09. The number of aromatic nitrogens is 1. The minimum Gasteiger partial charge on any atom is -0.461 e. The number of pyridine rings is 1. The highest BCUT2D eigenvalue weighted by Gasteiger charge is 2.16. The average molecular weight is 344 g/mol.